The predicted molar refractivity (Wildman–Crippen MR) is 102 cm³/mol. The minimum Gasteiger partial charge on any atom is -0.322 e. The lowest BCUT2D eigenvalue weighted by molar-refractivity contribution is 0.102. The number of carbonyl (C=O) groups is 1. The summed E-state index contributed by atoms with van der Waals surface area (Å²) in [5.74, 6) is -0.675. The molecule has 0 atom stereocenters. The molecule has 0 aliphatic carbocycles. The van der Waals surface area contributed by atoms with Gasteiger partial charge in [-0.25, -0.2) is 9.07 Å². The number of carbonyl (C=O) groups excluding carboxylic acids is 1. The van der Waals surface area contributed by atoms with Crippen molar-refractivity contribution in [1.82, 2.24) is 9.78 Å². The Bertz CT molecular complexity index is 965. The third-order valence-electron chi connectivity index (χ3n) is 4.10. The van der Waals surface area contributed by atoms with Crippen LogP contribution in [0.2, 0.25) is 5.02 Å². The number of hydrogen-bond donors (Lipinski definition) is 1. The van der Waals surface area contributed by atoms with Gasteiger partial charge >= 0.3 is 0 Å². The molecule has 0 aliphatic rings. The first-order valence-corrected chi connectivity index (χ1v) is 8.66. The topological polar surface area (TPSA) is 46.9 Å². The van der Waals surface area contributed by atoms with Crippen LogP contribution in [0.5, 0.6) is 0 Å². The van der Waals surface area contributed by atoms with Gasteiger partial charge in [-0.2, -0.15) is 5.10 Å². The van der Waals surface area contributed by atoms with Crippen molar-refractivity contribution >= 4 is 23.2 Å². The molecule has 2 aromatic carbocycles. The Hall–Kier alpha value is -2.66. The molecule has 26 heavy (non-hydrogen) atoms. The quantitative estimate of drug-likeness (QED) is 0.672. The first-order chi connectivity index (χ1) is 12.4. The largest absolute Gasteiger partial charge is 0.322 e. The Morgan fingerprint density at radius 2 is 2.00 bits per heavy atom. The Labute approximate surface area is 156 Å². The van der Waals surface area contributed by atoms with E-state index < -0.39 is 5.82 Å². The van der Waals surface area contributed by atoms with Gasteiger partial charge in [0.1, 0.15) is 5.82 Å². The van der Waals surface area contributed by atoms with Crippen LogP contribution < -0.4 is 5.32 Å². The van der Waals surface area contributed by atoms with Crippen molar-refractivity contribution < 1.29 is 9.18 Å². The number of benzene rings is 2. The van der Waals surface area contributed by atoms with E-state index in [1.807, 2.05) is 32.9 Å². The molecule has 3 aromatic rings. The van der Waals surface area contributed by atoms with Crippen LogP contribution in [-0.4, -0.2) is 15.7 Å². The molecule has 0 saturated heterocycles. The van der Waals surface area contributed by atoms with E-state index in [-0.39, 0.29) is 11.8 Å². The third kappa shape index (κ3) is 3.63. The van der Waals surface area contributed by atoms with Gasteiger partial charge in [-0.05, 0) is 48.7 Å². The van der Waals surface area contributed by atoms with Crippen LogP contribution in [0.15, 0.2) is 48.7 Å². The minimum atomic E-state index is -0.399. The summed E-state index contributed by atoms with van der Waals surface area (Å²) < 4.78 is 15.2. The number of aromatic nitrogens is 2. The van der Waals surface area contributed by atoms with Crippen LogP contribution in [0.4, 0.5) is 10.1 Å². The van der Waals surface area contributed by atoms with Gasteiger partial charge in [-0.3, -0.25) is 4.79 Å². The van der Waals surface area contributed by atoms with Crippen molar-refractivity contribution in [3.63, 3.8) is 0 Å². The van der Waals surface area contributed by atoms with Gasteiger partial charge in [0.2, 0.25) is 0 Å². The van der Waals surface area contributed by atoms with Gasteiger partial charge in [0.25, 0.3) is 5.91 Å². The fraction of sp³-hybridized carbons (Fsp3) is 0.200. The Morgan fingerprint density at radius 1 is 1.23 bits per heavy atom. The highest BCUT2D eigenvalue weighted by Crippen LogP contribution is 2.26. The first kappa shape index (κ1) is 18.1. The number of nitrogens with one attached hydrogen (secondary N) is 1. The highest BCUT2D eigenvalue weighted by atomic mass is 35.5. The van der Waals surface area contributed by atoms with E-state index in [0.717, 1.165) is 16.9 Å². The maximum Gasteiger partial charge on any atom is 0.259 e. The number of nitrogens with zero attached hydrogens (tertiary/aromatic N) is 2. The molecule has 6 heteroatoms. The highest BCUT2D eigenvalue weighted by Gasteiger charge is 2.21. The zero-order valence-corrected chi connectivity index (χ0v) is 15.5. The van der Waals surface area contributed by atoms with Gasteiger partial charge < -0.3 is 5.32 Å². The van der Waals surface area contributed by atoms with Crippen LogP contribution in [0.3, 0.4) is 0 Å². The summed E-state index contributed by atoms with van der Waals surface area (Å²) >= 11 is 6.08. The molecule has 0 aliphatic heterocycles. The second kappa shape index (κ2) is 7.30. The number of aryl methyl sites for hydroxylation is 1. The average Bonchev–Trinajstić information content (AvgIpc) is 3.03. The second-order valence-electron chi connectivity index (χ2n) is 6.40. The molecule has 1 amide bonds. The van der Waals surface area contributed by atoms with Gasteiger partial charge in [-0.15, -0.1) is 0 Å². The summed E-state index contributed by atoms with van der Waals surface area (Å²) in [5, 5.41) is 7.75. The zero-order valence-electron chi connectivity index (χ0n) is 14.8. The number of rotatable bonds is 4. The molecule has 4 nitrogen and oxygen atoms in total. The molecule has 3 rings (SSSR count). The van der Waals surface area contributed by atoms with Gasteiger partial charge in [-0.1, -0.05) is 37.6 Å². The highest BCUT2D eigenvalue weighted by molar-refractivity contribution is 6.30. The van der Waals surface area contributed by atoms with Gasteiger partial charge in [0.15, 0.2) is 0 Å². The van der Waals surface area contributed by atoms with Crippen molar-refractivity contribution in [1.29, 1.82) is 0 Å². The van der Waals surface area contributed by atoms with Crippen molar-refractivity contribution in [3.05, 3.63) is 76.3 Å². The SMILES string of the molecule is Cc1ccc(F)cc1NC(=O)c1cnn(-c2cccc(Cl)c2)c1C(C)C. The standard InChI is InChI=1S/C20H19ClFN3O/c1-12(2)19-17(11-23-25(19)16-6-4-5-14(21)9-16)20(26)24-18-10-15(22)8-7-13(18)3/h4-12H,1-3H3,(H,24,26). The monoisotopic (exact) mass is 371 g/mol. The van der Waals surface area contributed by atoms with E-state index in [2.05, 4.69) is 10.4 Å². The van der Waals surface area contributed by atoms with Crippen LogP contribution in [0.25, 0.3) is 5.69 Å². The molecular weight excluding hydrogens is 353 g/mol. The van der Waals surface area contributed by atoms with E-state index in [0.29, 0.717) is 16.3 Å². The van der Waals surface area contributed by atoms with E-state index >= 15 is 0 Å². The van der Waals surface area contributed by atoms with Crippen molar-refractivity contribution in [2.45, 2.75) is 26.7 Å². The van der Waals surface area contributed by atoms with E-state index in [1.165, 1.54) is 18.3 Å². The zero-order chi connectivity index (χ0) is 18.8. The van der Waals surface area contributed by atoms with E-state index in [9.17, 15) is 9.18 Å². The minimum absolute atomic E-state index is 0.0471. The summed E-state index contributed by atoms with van der Waals surface area (Å²) in [6, 6.07) is 11.6. The van der Waals surface area contributed by atoms with E-state index in [1.54, 1.807) is 22.9 Å². The number of hydrogen-bond acceptors (Lipinski definition) is 2. The Morgan fingerprint density at radius 3 is 2.69 bits per heavy atom. The summed E-state index contributed by atoms with van der Waals surface area (Å²) in [4.78, 5) is 12.8. The summed E-state index contributed by atoms with van der Waals surface area (Å²) in [7, 11) is 0. The molecule has 0 spiro atoms. The molecule has 0 saturated carbocycles. The molecule has 134 valence electrons. The van der Waals surface area contributed by atoms with Crippen molar-refractivity contribution in [2.24, 2.45) is 0 Å². The molecule has 0 unspecified atom stereocenters. The molecule has 1 N–H and O–H groups in total. The number of amides is 1. The van der Waals surface area contributed by atoms with E-state index in [4.69, 9.17) is 11.6 Å². The predicted octanol–water partition coefficient (Wildman–Crippen LogP) is 5.35. The lowest BCUT2D eigenvalue weighted by atomic mass is 10.0. The maximum atomic E-state index is 13.5. The Balaban J connectivity index is 2.00. The molecule has 0 radical (unpaired) electrons. The van der Waals surface area contributed by atoms with Crippen LogP contribution in [-0.2, 0) is 0 Å². The molecular formula is C20H19ClFN3O. The van der Waals surface area contributed by atoms with Crippen LogP contribution in [0.1, 0.15) is 41.4 Å². The average molecular weight is 372 g/mol. The maximum absolute atomic E-state index is 13.5. The smallest absolute Gasteiger partial charge is 0.259 e. The fourth-order valence-electron chi connectivity index (χ4n) is 2.82. The Kier molecular flexibility index (Phi) is 5.09. The third-order valence-corrected chi connectivity index (χ3v) is 4.33. The van der Waals surface area contributed by atoms with Crippen LogP contribution >= 0.6 is 11.6 Å². The first-order valence-electron chi connectivity index (χ1n) is 8.28. The normalized spacial score (nSPS) is 11.0. The fourth-order valence-corrected chi connectivity index (χ4v) is 3.01. The summed E-state index contributed by atoms with van der Waals surface area (Å²) in [6.45, 7) is 5.79. The van der Waals surface area contributed by atoms with Gasteiger partial charge in [0.05, 0.1) is 23.1 Å². The molecule has 1 aromatic heterocycles. The number of anilines is 1. The number of halogens is 2. The van der Waals surface area contributed by atoms with Crippen molar-refractivity contribution in [2.75, 3.05) is 5.32 Å². The second-order valence-corrected chi connectivity index (χ2v) is 6.84. The molecule has 0 fully saturated rings. The molecule has 1 heterocycles. The summed E-state index contributed by atoms with van der Waals surface area (Å²) in [6.07, 6.45) is 1.53. The lowest BCUT2D eigenvalue weighted by Crippen LogP contribution is -2.16. The molecule has 0 bridgehead atoms. The summed E-state index contributed by atoms with van der Waals surface area (Å²) in [5.41, 5.74) is 3.22. The lowest BCUT2D eigenvalue weighted by Gasteiger charge is -2.14. The van der Waals surface area contributed by atoms with Crippen LogP contribution in [0, 0.1) is 12.7 Å². The van der Waals surface area contributed by atoms with Gasteiger partial charge in [0, 0.05) is 10.7 Å². The van der Waals surface area contributed by atoms with Crippen molar-refractivity contribution in [3.8, 4) is 5.69 Å².